The van der Waals surface area contributed by atoms with Gasteiger partial charge in [-0.15, -0.1) is 0 Å². The summed E-state index contributed by atoms with van der Waals surface area (Å²) >= 11 is 0.825. The number of carbonyl (C=O) groups excluding carboxylic acids is 3. The lowest BCUT2D eigenvalue weighted by Gasteiger charge is -2.28. The van der Waals surface area contributed by atoms with Crippen molar-refractivity contribution in [3.63, 3.8) is 0 Å². The van der Waals surface area contributed by atoms with Crippen LogP contribution in [0.1, 0.15) is 5.69 Å². The molecular weight excluding hydrogens is 394 g/mol. The minimum absolute atomic E-state index is 0.161. The van der Waals surface area contributed by atoms with Crippen LogP contribution in [-0.4, -0.2) is 69.4 Å². The number of ether oxygens (including phenoxy) is 1. The molecule has 0 saturated carbocycles. The molecule has 9 heteroatoms. The molecule has 0 unspecified atom stereocenters. The van der Waals surface area contributed by atoms with Crippen molar-refractivity contribution in [2.75, 3.05) is 32.8 Å². The number of aromatic hydroxyl groups is 1. The molecule has 2 fully saturated rings. The fourth-order valence-electron chi connectivity index (χ4n) is 3.18. The molecule has 3 amide bonds. The molecule has 2 aromatic rings. The minimum Gasteiger partial charge on any atom is -0.508 e. The van der Waals surface area contributed by atoms with Crippen molar-refractivity contribution in [2.45, 2.75) is 0 Å². The first-order chi connectivity index (χ1) is 14.0. The molecule has 0 spiro atoms. The fraction of sp³-hybridized carbons (Fsp3) is 0.250. The molecule has 150 valence electrons. The number of amides is 3. The van der Waals surface area contributed by atoms with Crippen molar-refractivity contribution < 1.29 is 24.2 Å². The van der Waals surface area contributed by atoms with Gasteiger partial charge >= 0.3 is 0 Å². The first-order valence-corrected chi connectivity index (χ1v) is 9.92. The van der Waals surface area contributed by atoms with Crippen LogP contribution in [0.15, 0.2) is 47.5 Å². The molecule has 2 aliphatic rings. The van der Waals surface area contributed by atoms with Crippen molar-refractivity contribution in [1.82, 2.24) is 14.4 Å². The predicted octanol–water partition coefficient (Wildman–Crippen LogP) is 2.08. The Morgan fingerprint density at radius 3 is 2.59 bits per heavy atom. The highest BCUT2D eigenvalue weighted by Crippen LogP contribution is 2.32. The van der Waals surface area contributed by atoms with Crippen LogP contribution < -0.4 is 0 Å². The maximum absolute atomic E-state index is 12.7. The van der Waals surface area contributed by atoms with Crippen molar-refractivity contribution >= 4 is 34.9 Å². The monoisotopic (exact) mass is 413 g/mol. The number of aromatic nitrogens is 1. The second kappa shape index (κ2) is 8.14. The average Bonchev–Trinajstić information content (AvgIpc) is 3.29. The van der Waals surface area contributed by atoms with Gasteiger partial charge in [0.1, 0.15) is 12.3 Å². The van der Waals surface area contributed by atoms with E-state index in [1.807, 2.05) is 22.9 Å². The second-order valence-corrected chi connectivity index (χ2v) is 7.57. The van der Waals surface area contributed by atoms with Gasteiger partial charge in [-0.3, -0.25) is 19.3 Å². The summed E-state index contributed by atoms with van der Waals surface area (Å²) < 4.78 is 7.06. The molecule has 1 aromatic heterocycles. The van der Waals surface area contributed by atoms with Gasteiger partial charge in [-0.25, -0.2) is 0 Å². The van der Waals surface area contributed by atoms with Crippen molar-refractivity contribution in [3.8, 4) is 11.4 Å². The molecule has 0 radical (unpaired) electrons. The Balaban J connectivity index is 1.52. The molecule has 8 nitrogen and oxygen atoms in total. The molecule has 1 N–H and O–H groups in total. The summed E-state index contributed by atoms with van der Waals surface area (Å²) in [7, 11) is 0. The number of thioether (sulfide) groups is 1. The Kier molecular flexibility index (Phi) is 5.41. The summed E-state index contributed by atoms with van der Waals surface area (Å²) in [6.07, 6.45) is 3.46. The van der Waals surface area contributed by atoms with E-state index >= 15 is 0 Å². The van der Waals surface area contributed by atoms with E-state index in [0.29, 0.717) is 32.0 Å². The van der Waals surface area contributed by atoms with Gasteiger partial charge in [0.2, 0.25) is 5.91 Å². The predicted molar refractivity (Wildman–Crippen MR) is 108 cm³/mol. The number of hydrogen-bond donors (Lipinski definition) is 1. The Morgan fingerprint density at radius 2 is 1.86 bits per heavy atom. The van der Waals surface area contributed by atoms with Crippen molar-refractivity contribution in [1.29, 1.82) is 0 Å². The first kappa shape index (κ1) is 19.3. The van der Waals surface area contributed by atoms with Crippen LogP contribution in [0.2, 0.25) is 0 Å². The number of phenolic OH excluding ortho intramolecular Hbond substituents is 1. The van der Waals surface area contributed by atoms with E-state index in [0.717, 1.165) is 22.3 Å². The quantitative estimate of drug-likeness (QED) is 0.772. The number of rotatable bonds is 4. The molecule has 2 aliphatic heterocycles. The Hall–Kier alpha value is -3.04. The second-order valence-electron chi connectivity index (χ2n) is 6.58. The summed E-state index contributed by atoms with van der Waals surface area (Å²) in [5.74, 6) is -0.571. The van der Waals surface area contributed by atoms with E-state index in [9.17, 15) is 19.5 Å². The largest absolute Gasteiger partial charge is 0.508 e. The third-order valence-electron chi connectivity index (χ3n) is 4.72. The standard InChI is InChI=1S/C20H19N3O5S/c24-16-5-3-14(4-6-16)22-7-1-2-15(22)12-17-19(26)23(20(27)29-17)13-18(25)21-8-10-28-11-9-21/h1-7,12,24H,8-11,13H2/b17-12+. The molecule has 2 saturated heterocycles. The van der Waals surface area contributed by atoms with Gasteiger partial charge in [0, 0.05) is 30.7 Å². The van der Waals surface area contributed by atoms with Crippen LogP contribution in [0.25, 0.3) is 11.8 Å². The Bertz CT molecular complexity index is 976. The smallest absolute Gasteiger partial charge is 0.294 e. The molecule has 1 aromatic carbocycles. The topological polar surface area (TPSA) is 92.1 Å². The van der Waals surface area contributed by atoms with E-state index in [-0.39, 0.29) is 23.1 Å². The van der Waals surface area contributed by atoms with Crippen LogP contribution in [0.4, 0.5) is 4.79 Å². The van der Waals surface area contributed by atoms with E-state index in [4.69, 9.17) is 4.74 Å². The molecule has 29 heavy (non-hydrogen) atoms. The SMILES string of the molecule is O=C(CN1C(=O)S/C(=C/c2cccn2-c2ccc(O)cc2)C1=O)N1CCOCC1. The third kappa shape index (κ3) is 4.06. The maximum Gasteiger partial charge on any atom is 0.294 e. The van der Waals surface area contributed by atoms with Crippen LogP contribution in [0.5, 0.6) is 5.75 Å². The molecular formula is C20H19N3O5S. The summed E-state index contributed by atoms with van der Waals surface area (Å²) in [6, 6.07) is 10.3. The van der Waals surface area contributed by atoms with Gasteiger partial charge in [-0.1, -0.05) is 0 Å². The van der Waals surface area contributed by atoms with Crippen molar-refractivity contribution in [3.05, 3.63) is 53.2 Å². The van der Waals surface area contributed by atoms with E-state index in [1.54, 1.807) is 35.2 Å². The summed E-state index contributed by atoms with van der Waals surface area (Å²) in [5.41, 5.74) is 1.52. The highest BCUT2D eigenvalue weighted by molar-refractivity contribution is 8.18. The number of imide groups is 1. The maximum atomic E-state index is 12.7. The highest BCUT2D eigenvalue weighted by Gasteiger charge is 2.37. The number of hydrogen-bond acceptors (Lipinski definition) is 6. The fourth-order valence-corrected chi connectivity index (χ4v) is 4.00. The molecule has 4 rings (SSSR count). The first-order valence-electron chi connectivity index (χ1n) is 9.10. The van der Waals surface area contributed by atoms with Gasteiger partial charge in [0.15, 0.2) is 0 Å². The van der Waals surface area contributed by atoms with Crippen LogP contribution in [0, 0.1) is 0 Å². The zero-order chi connectivity index (χ0) is 20.4. The summed E-state index contributed by atoms with van der Waals surface area (Å²) in [4.78, 5) is 40.3. The summed E-state index contributed by atoms with van der Waals surface area (Å²) in [6.45, 7) is 1.58. The number of benzene rings is 1. The third-order valence-corrected chi connectivity index (χ3v) is 5.63. The summed E-state index contributed by atoms with van der Waals surface area (Å²) in [5, 5.41) is 9.01. The lowest BCUT2D eigenvalue weighted by molar-refractivity contribution is -0.139. The Morgan fingerprint density at radius 1 is 1.14 bits per heavy atom. The molecule has 0 bridgehead atoms. The van der Waals surface area contributed by atoms with Gasteiger partial charge < -0.3 is 19.3 Å². The van der Waals surface area contributed by atoms with E-state index in [2.05, 4.69) is 0 Å². The zero-order valence-corrected chi connectivity index (χ0v) is 16.3. The molecule has 0 atom stereocenters. The Labute approximate surface area is 171 Å². The van der Waals surface area contributed by atoms with Gasteiger partial charge in [0.25, 0.3) is 11.1 Å². The number of morpholine rings is 1. The van der Waals surface area contributed by atoms with Gasteiger partial charge in [-0.2, -0.15) is 0 Å². The lowest BCUT2D eigenvalue weighted by atomic mass is 10.3. The minimum atomic E-state index is -0.472. The average molecular weight is 413 g/mol. The van der Waals surface area contributed by atoms with Crippen molar-refractivity contribution in [2.24, 2.45) is 0 Å². The highest BCUT2D eigenvalue weighted by atomic mass is 32.2. The molecule has 3 heterocycles. The van der Waals surface area contributed by atoms with Crippen LogP contribution in [-0.2, 0) is 14.3 Å². The van der Waals surface area contributed by atoms with E-state index in [1.165, 1.54) is 0 Å². The number of phenols is 1. The molecule has 0 aliphatic carbocycles. The number of carbonyl (C=O) groups is 3. The van der Waals surface area contributed by atoms with Crippen LogP contribution >= 0.6 is 11.8 Å². The van der Waals surface area contributed by atoms with Gasteiger partial charge in [-0.05, 0) is 54.2 Å². The normalized spacial score (nSPS) is 18.7. The lowest BCUT2D eigenvalue weighted by Crippen LogP contribution is -2.46. The van der Waals surface area contributed by atoms with Crippen LogP contribution in [0.3, 0.4) is 0 Å². The zero-order valence-electron chi connectivity index (χ0n) is 15.5. The number of nitrogens with zero attached hydrogens (tertiary/aromatic N) is 3. The van der Waals surface area contributed by atoms with E-state index < -0.39 is 11.1 Å². The van der Waals surface area contributed by atoms with Gasteiger partial charge in [0.05, 0.1) is 18.1 Å².